The molecule has 0 aliphatic carbocycles. The number of hydrogen-bond acceptors (Lipinski definition) is 4. The third-order valence-corrected chi connectivity index (χ3v) is 1.40. The van der Waals surface area contributed by atoms with Gasteiger partial charge in [0.1, 0.15) is 11.9 Å². The Bertz CT molecular complexity index is 353. The maximum absolute atomic E-state index is 11.3. The zero-order valence-corrected chi connectivity index (χ0v) is 9.10. The van der Waals surface area contributed by atoms with Gasteiger partial charge in [-0.1, -0.05) is 0 Å². The van der Waals surface area contributed by atoms with Crippen molar-refractivity contribution < 1.29 is 9.53 Å². The van der Waals surface area contributed by atoms with Crippen molar-refractivity contribution >= 4 is 12.0 Å². The van der Waals surface area contributed by atoms with E-state index in [2.05, 4.69) is 9.97 Å². The third-order valence-electron chi connectivity index (χ3n) is 1.40. The van der Waals surface area contributed by atoms with Crippen molar-refractivity contribution in [1.82, 2.24) is 9.97 Å². The normalized spacial score (nSPS) is 11.7. The first kappa shape index (κ1) is 11.4. The van der Waals surface area contributed by atoms with Crippen LogP contribution in [0.15, 0.2) is 24.8 Å². The average molecular weight is 206 g/mol. The number of nitrogens with zero attached hydrogens (tertiary/aromatic N) is 2. The molecule has 0 bridgehead atoms. The highest BCUT2D eigenvalue weighted by Crippen LogP contribution is 2.07. The number of hydrogen-bond donors (Lipinski definition) is 0. The van der Waals surface area contributed by atoms with Crippen molar-refractivity contribution in [2.24, 2.45) is 0 Å². The Hall–Kier alpha value is -1.71. The fourth-order valence-corrected chi connectivity index (χ4v) is 0.897. The van der Waals surface area contributed by atoms with Crippen LogP contribution in [-0.2, 0) is 9.53 Å². The van der Waals surface area contributed by atoms with E-state index in [-0.39, 0.29) is 5.97 Å². The highest BCUT2D eigenvalue weighted by molar-refractivity contribution is 5.87. The smallest absolute Gasteiger partial charge is 0.331 e. The van der Waals surface area contributed by atoms with E-state index >= 15 is 0 Å². The monoisotopic (exact) mass is 206 g/mol. The number of aromatic nitrogens is 2. The van der Waals surface area contributed by atoms with Gasteiger partial charge in [-0.15, -0.1) is 0 Å². The first-order valence-electron chi connectivity index (χ1n) is 4.63. The minimum absolute atomic E-state index is 0.369. The Kier molecular flexibility index (Phi) is 3.55. The highest BCUT2D eigenvalue weighted by Gasteiger charge is 2.13. The molecule has 0 aromatic carbocycles. The molecule has 4 nitrogen and oxygen atoms in total. The summed E-state index contributed by atoms with van der Waals surface area (Å²) in [7, 11) is 0. The molecule has 0 unspecified atom stereocenters. The van der Waals surface area contributed by atoms with Gasteiger partial charge in [-0.05, 0) is 26.8 Å². The lowest BCUT2D eigenvalue weighted by atomic mass is 10.2. The molecule has 0 N–H and O–H groups in total. The fraction of sp³-hybridized carbons (Fsp3) is 0.364. The summed E-state index contributed by atoms with van der Waals surface area (Å²) >= 11 is 0. The van der Waals surface area contributed by atoms with Crippen molar-refractivity contribution in [1.29, 1.82) is 0 Å². The minimum atomic E-state index is -0.464. The number of rotatable bonds is 2. The van der Waals surface area contributed by atoms with Crippen molar-refractivity contribution in [3.63, 3.8) is 0 Å². The number of carbonyl (C=O) groups excluding carboxylic acids is 1. The Balaban J connectivity index is 2.56. The van der Waals surface area contributed by atoms with Crippen LogP contribution in [0.25, 0.3) is 6.08 Å². The van der Waals surface area contributed by atoms with E-state index in [4.69, 9.17) is 4.74 Å². The Morgan fingerprint density at radius 1 is 1.33 bits per heavy atom. The molecule has 4 heteroatoms. The van der Waals surface area contributed by atoms with Crippen LogP contribution in [-0.4, -0.2) is 21.5 Å². The molecule has 0 aliphatic heterocycles. The molecule has 1 aromatic heterocycles. The summed E-state index contributed by atoms with van der Waals surface area (Å²) in [5.41, 5.74) is 0.303. The maximum atomic E-state index is 11.3. The van der Waals surface area contributed by atoms with E-state index in [1.165, 1.54) is 12.4 Å². The van der Waals surface area contributed by atoms with Crippen LogP contribution in [0.2, 0.25) is 0 Å². The Labute approximate surface area is 89.0 Å². The summed E-state index contributed by atoms with van der Waals surface area (Å²) in [6.07, 6.45) is 7.66. The second-order valence-electron chi connectivity index (χ2n) is 4.04. The summed E-state index contributed by atoms with van der Waals surface area (Å²) in [6, 6.07) is 0. The minimum Gasteiger partial charge on any atom is -0.457 e. The van der Waals surface area contributed by atoms with Gasteiger partial charge in [0.25, 0.3) is 0 Å². The van der Waals surface area contributed by atoms with Gasteiger partial charge in [-0.25, -0.2) is 14.8 Å². The van der Waals surface area contributed by atoms with Crippen LogP contribution in [0.3, 0.4) is 0 Å². The molecule has 0 atom stereocenters. The number of carbonyl (C=O) groups is 1. The highest BCUT2D eigenvalue weighted by atomic mass is 16.6. The van der Waals surface area contributed by atoms with Crippen LogP contribution < -0.4 is 0 Å². The van der Waals surface area contributed by atoms with E-state index in [0.29, 0.717) is 0 Å². The van der Waals surface area contributed by atoms with Crippen molar-refractivity contribution in [3.05, 3.63) is 30.4 Å². The van der Waals surface area contributed by atoms with Crippen molar-refractivity contribution in [3.8, 4) is 0 Å². The van der Waals surface area contributed by atoms with Gasteiger partial charge in [-0.2, -0.15) is 0 Å². The van der Waals surface area contributed by atoms with Gasteiger partial charge in [0, 0.05) is 24.0 Å². The van der Waals surface area contributed by atoms with Crippen LogP contribution in [0.1, 0.15) is 26.3 Å². The summed E-state index contributed by atoms with van der Waals surface area (Å²) in [4.78, 5) is 18.9. The number of ether oxygens (including phenoxy) is 1. The first-order valence-corrected chi connectivity index (χ1v) is 4.63. The maximum Gasteiger partial charge on any atom is 0.331 e. The van der Waals surface area contributed by atoms with Gasteiger partial charge in [0.2, 0.25) is 0 Å². The molecule has 1 aromatic rings. The lowest BCUT2D eigenvalue weighted by Gasteiger charge is -2.17. The Morgan fingerprint density at radius 3 is 2.47 bits per heavy atom. The summed E-state index contributed by atoms with van der Waals surface area (Å²) < 4.78 is 5.09. The fourth-order valence-electron chi connectivity index (χ4n) is 0.897. The van der Waals surface area contributed by atoms with Crippen LogP contribution in [0.5, 0.6) is 0 Å². The molecule has 1 rings (SSSR count). The van der Waals surface area contributed by atoms with Gasteiger partial charge < -0.3 is 4.74 Å². The molecular weight excluding hydrogens is 192 g/mol. The van der Waals surface area contributed by atoms with Crippen molar-refractivity contribution in [2.75, 3.05) is 0 Å². The van der Waals surface area contributed by atoms with Crippen molar-refractivity contribution in [2.45, 2.75) is 26.4 Å². The summed E-state index contributed by atoms with van der Waals surface area (Å²) in [5, 5.41) is 0. The van der Waals surface area contributed by atoms with Crippen LogP contribution in [0, 0.1) is 0 Å². The second-order valence-corrected chi connectivity index (χ2v) is 4.04. The molecule has 1 heterocycles. The van der Waals surface area contributed by atoms with E-state index in [0.717, 1.165) is 5.56 Å². The SMILES string of the molecule is CC(C)(C)OC(=O)C=Cc1cncnc1. The van der Waals surface area contributed by atoms with Gasteiger partial charge in [-0.3, -0.25) is 0 Å². The Morgan fingerprint density at radius 2 is 1.93 bits per heavy atom. The van der Waals surface area contributed by atoms with E-state index < -0.39 is 5.60 Å². The lowest BCUT2D eigenvalue weighted by Crippen LogP contribution is -2.22. The molecular formula is C11H14N2O2. The third kappa shape index (κ3) is 4.90. The molecule has 0 spiro atoms. The van der Waals surface area contributed by atoms with E-state index in [1.54, 1.807) is 18.5 Å². The molecule has 0 amide bonds. The predicted octanol–water partition coefficient (Wildman–Crippen LogP) is 1.83. The first-order chi connectivity index (χ1) is 6.97. The predicted molar refractivity (Wildman–Crippen MR) is 56.9 cm³/mol. The second kappa shape index (κ2) is 4.68. The zero-order valence-electron chi connectivity index (χ0n) is 9.10. The summed E-state index contributed by atoms with van der Waals surface area (Å²) in [6.45, 7) is 5.47. The molecule has 0 fully saturated rings. The molecule has 0 saturated heterocycles. The van der Waals surface area contributed by atoms with Crippen LogP contribution in [0.4, 0.5) is 0 Å². The largest absolute Gasteiger partial charge is 0.457 e. The van der Waals surface area contributed by atoms with Gasteiger partial charge >= 0.3 is 5.97 Å². The molecule has 0 radical (unpaired) electrons. The van der Waals surface area contributed by atoms with E-state index in [1.807, 2.05) is 20.8 Å². The topological polar surface area (TPSA) is 52.1 Å². The quantitative estimate of drug-likeness (QED) is 0.547. The number of esters is 1. The summed E-state index contributed by atoms with van der Waals surface area (Å²) in [5.74, 6) is -0.369. The average Bonchev–Trinajstić information content (AvgIpc) is 2.14. The lowest BCUT2D eigenvalue weighted by molar-refractivity contribution is -0.148. The van der Waals surface area contributed by atoms with Gasteiger partial charge in [0.05, 0.1) is 0 Å². The molecule has 0 saturated carbocycles. The van der Waals surface area contributed by atoms with E-state index in [9.17, 15) is 4.79 Å². The molecule has 80 valence electrons. The van der Waals surface area contributed by atoms with Crippen LogP contribution >= 0.6 is 0 Å². The zero-order chi connectivity index (χ0) is 11.3. The molecule has 0 aliphatic rings. The van der Waals surface area contributed by atoms with Gasteiger partial charge in [0.15, 0.2) is 0 Å². The molecule has 15 heavy (non-hydrogen) atoms. The standard InChI is InChI=1S/C11H14N2O2/c1-11(2,3)15-10(14)5-4-9-6-12-8-13-7-9/h4-8H,1-3H3.